The van der Waals surface area contributed by atoms with Crippen molar-refractivity contribution in [3.8, 4) is 0 Å². The number of benzene rings is 1. The van der Waals surface area contributed by atoms with Gasteiger partial charge >= 0.3 is 0 Å². The highest BCUT2D eigenvalue weighted by molar-refractivity contribution is 5.99. The Morgan fingerprint density at radius 2 is 1.86 bits per heavy atom. The van der Waals surface area contributed by atoms with E-state index < -0.39 is 0 Å². The predicted octanol–water partition coefficient (Wildman–Crippen LogP) is 2.65. The molecular formula is C17H24N2O2. The summed E-state index contributed by atoms with van der Waals surface area (Å²) in [5.74, 6) is 0.0408. The molecule has 0 bridgehead atoms. The van der Waals surface area contributed by atoms with E-state index in [2.05, 4.69) is 24.5 Å². The van der Waals surface area contributed by atoms with E-state index >= 15 is 0 Å². The molecule has 1 saturated carbocycles. The molecule has 0 radical (unpaired) electrons. The molecule has 21 heavy (non-hydrogen) atoms. The van der Waals surface area contributed by atoms with Gasteiger partial charge in [-0.05, 0) is 43.4 Å². The van der Waals surface area contributed by atoms with Gasteiger partial charge in [0.15, 0.2) is 0 Å². The zero-order valence-electron chi connectivity index (χ0n) is 13.2. The summed E-state index contributed by atoms with van der Waals surface area (Å²) in [5.41, 5.74) is 2.99. The number of nitrogens with one attached hydrogen (secondary N) is 2. The fourth-order valence-electron chi connectivity index (χ4n) is 2.31. The zero-order chi connectivity index (χ0) is 15.6. The molecule has 114 valence electrons. The van der Waals surface area contributed by atoms with Crippen LogP contribution in [0.25, 0.3) is 0 Å². The van der Waals surface area contributed by atoms with Gasteiger partial charge in [0, 0.05) is 12.2 Å². The van der Waals surface area contributed by atoms with Gasteiger partial charge in [0.1, 0.15) is 0 Å². The summed E-state index contributed by atoms with van der Waals surface area (Å²) in [5, 5.41) is 5.84. The molecule has 2 amide bonds. The molecule has 2 unspecified atom stereocenters. The second-order valence-corrected chi connectivity index (χ2v) is 6.40. The quantitative estimate of drug-likeness (QED) is 0.875. The van der Waals surface area contributed by atoms with Gasteiger partial charge in [-0.1, -0.05) is 26.0 Å². The first-order valence-corrected chi connectivity index (χ1v) is 7.54. The smallest absolute Gasteiger partial charge is 0.228 e. The highest BCUT2D eigenvalue weighted by Crippen LogP contribution is 2.39. The maximum atomic E-state index is 12.2. The Morgan fingerprint density at radius 3 is 2.52 bits per heavy atom. The Hall–Kier alpha value is -1.84. The number of hydrogen-bond acceptors (Lipinski definition) is 2. The first kappa shape index (κ1) is 15.5. The average molecular weight is 288 g/mol. The normalized spacial score (nSPS) is 20.2. The van der Waals surface area contributed by atoms with Crippen molar-refractivity contribution in [3.05, 3.63) is 29.3 Å². The molecule has 1 aromatic carbocycles. The second-order valence-electron chi connectivity index (χ2n) is 6.40. The minimum Gasteiger partial charge on any atom is -0.356 e. The summed E-state index contributed by atoms with van der Waals surface area (Å²) >= 11 is 0. The number of hydrogen-bond donors (Lipinski definition) is 2. The molecule has 1 aromatic rings. The fraction of sp³-hybridized carbons (Fsp3) is 0.529. The van der Waals surface area contributed by atoms with Crippen LogP contribution >= 0.6 is 0 Å². The van der Waals surface area contributed by atoms with Gasteiger partial charge in [0.05, 0.1) is 11.8 Å². The molecule has 2 rings (SSSR count). The summed E-state index contributed by atoms with van der Waals surface area (Å²) in [7, 11) is 0. The van der Waals surface area contributed by atoms with Gasteiger partial charge < -0.3 is 10.6 Å². The fourth-order valence-corrected chi connectivity index (χ4v) is 2.31. The molecular weight excluding hydrogens is 264 g/mol. The molecule has 0 saturated heterocycles. The number of rotatable bonds is 5. The highest BCUT2D eigenvalue weighted by atomic mass is 16.2. The Labute approximate surface area is 126 Å². The van der Waals surface area contributed by atoms with Crippen LogP contribution in [0.5, 0.6) is 0 Å². The maximum absolute atomic E-state index is 12.2. The Morgan fingerprint density at radius 1 is 1.19 bits per heavy atom. The minimum atomic E-state index is -0.183. The summed E-state index contributed by atoms with van der Waals surface area (Å²) in [4.78, 5) is 24.1. The van der Waals surface area contributed by atoms with Crippen molar-refractivity contribution in [3.63, 3.8) is 0 Å². The molecule has 4 heteroatoms. The van der Waals surface area contributed by atoms with Gasteiger partial charge in [0.25, 0.3) is 0 Å². The molecule has 2 N–H and O–H groups in total. The van der Waals surface area contributed by atoms with Crippen LogP contribution in [-0.4, -0.2) is 18.4 Å². The van der Waals surface area contributed by atoms with Crippen molar-refractivity contribution in [1.82, 2.24) is 5.32 Å². The van der Waals surface area contributed by atoms with Crippen molar-refractivity contribution in [2.45, 2.75) is 34.1 Å². The molecule has 1 fully saturated rings. The topological polar surface area (TPSA) is 58.2 Å². The third-order valence-electron chi connectivity index (χ3n) is 3.80. The van der Waals surface area contributed by atoms with Crippen LogP contribution in [0.2, 0.25) is 0 Å². The molecule has 4 nitrogen and oxygen atoms in total. The third kappa shape index (κ3) is 4.06. The predicted molar refractivity (Wildman–Crippen MR) is 84.0 cm³/mol. The molecule has 2 atom stereocenters. The molecule has 0 spiro atoms. The summed E-state index contributed by atoms with van der Waals surface area (Å²) in [6, 6.07) is 5.97. The average Bonchev–Trinajstić information content (AvgIpc) is 3.20. The van der Waals surface area contributed by atoms with E-state index in [-0.39, 0.29) is 23.7 Å². The lowest BCUT2D eigenvalue weighted by Gasteiger charge is -2.10. The molecule has 0 heterocycles. The number of amides is 2. The Bertz CT molecular complexity index is 552. The monoisotopic (exact) mass is 288 g/mol. The van der Waals surface area contributed by atoms with E-state index in [4.69, 9.17) is 0 Å². The van der Waals surface area contributed by atoms with Gasteiger partial charge in [-0.25, -0.2) is 0 Å². The van der Waals surface area contributed by atoms with E-state index in [1.165, 1.54) is 0 Å². The van der Waals surface area contributed by atoms with Gasteiger partial charge in [-0.15, -0.1) is 0 Å². The SMILES string of the molecule is Cc1ccc(C)c(NC(=O)C2CC2C(=O)NCC(C)C)c1. The van der Waals surface area contributed by atoms with Crippen molar-refractivity contribution in [2.24, 2.45) is 17.8 Å². The second kappa shape index (κ2) is 6.29. The number of carbonyl (C=O) groups is 2. The zero-order valence-corrected chi connectivity index (χ0v) is 13.2. The molecule has 1 aliphatic rings. The van der Waals surface area contributed by atoms with Crippen LogP contribution in [0.15, 0.2) is 18.2 Å². The van der Waals surface area contributed by atoms with E-state index in [0.29, 0.717) is 18.9 Å². The molecule has 0 aromatic heterocycles. The van der Waals surface area contributed by atoms with Gasteiger partial charge in [0.2, 0.25) is 11.8 Å². The van der Waals surface area contributed by atoms with E-state index in [1.807, 2.05) is 32.0 Å². The van der Waals surface area contributed by atoms with Crippen LogP contribution in [0.4, 0.5) is 5.69 Å². The maximum Gasteiger partial charge on any atom is 0.228 e. The lowest BCUT2D eigenvalue weighted by atomic mass is 10.1. The molecule has 0 aliphatic heterocycles. The summed E-state index contributed by atoms with van der Waals surface area (Å²) in [6.45, 7) is 8.74. The van der Waals surface area contributed by atoms with E-state index in [1.54, 1.807) is 0 Å². The van der Waals surface area contributed by atoms with Crippen molar-refractivity contribution in [1.29, 1.82) is 0 Å². The van der Waals surface area contributed by atoms with Crippen LogP contribution in [0, 0.1) is 31.6 Å². The first-order chi connectivity index (χ1) is 9.88. The number of carbonyl (C=O) groups excluding carboxylic acids is 2. The largest absolute Gasteiger partial charge is 0.356 e. The highest BCUT2D eigenvalue weighted by Gasteiger charge is 2.47. The minimum absolute atomic E-state index is 0.00446. The first-order valence-electron chi connectivity index (χ1n) is 7.54. The van der Waals surface area contributed by atoms with Crippen LogP contribution in [-0.2, 0) is 9.59 Å². The van der Waals surface area contributed by atoms with E-state index in [9.17, 15) is 9.59 Å². The van der Waals surface area contributed by atoms with Crippen molar-refractivity contribution >= 4 is 17.5 Å². The van der Waals surface area contributed by atoms with E-state index in [0.717, 1.165) is 16.8 Å². The van der Waals surface area contributed by atoms with Gasteiger partial charge in [-0.2, -0.15) is 0 Å². The van der Waals surface area contributed by atoms with Crippen LogP contribution in [0.3, 0.4) is 0 Å². The summed E-state index contributed by atoms with van der Waals surface area (Å²) in [6.07, 6.45) is 0.653. The summed E-state index contributed by atoms with van der Waals surface area (Å²) < 4.78 is 0. The van der Waals surface area contributed by atoms with Crippen LogP contribution in [0.1, 0.15) is 31.4 Å². The Kier molecular flexibility index (Phi) is 4.66. The van der Waals surface area contributed by atoms with Gasteiger partial charge in [-0.3, -0.25) is 9.59 Å². The number of aryl methyl sites for hydroxylation is 2. The lowest BCUT2D eigenvalue weighted by molar-refractivity contribution is -0.125. The lowest BCUT2D eigenvalue weighted by Crippen LogP contribution is -2.30. The standard InChI is InChI=1S/C17H24N2O2/c1-10(2)9-18-16(20)13-8-14(13)17(21)19-15-7-11(3)5-6-12(15)4/h5-7,10,13-14H,8-9H2,1-4H3,(H,18,20)(H,19,21). The van der Waals surface area contributed by atoms with Crippen LogP contribution < -0.4 is 10.6 Å². The Balaban J connectivity index is 1.88. The van der Waals surface area contributed by atoms with Crippen molar-refractivity contribution < 1.29 is 9.59 Å². The third-order valence-corrected chi connectivity index (χ3v) is 3.80. The molecule has 1 aliphatic carbocycles. The van der Waals surface area contributed by atoms with Crippen molar-refractivity contribution in [2.75, 3.05) is 11.9 Å². The number of anilines is 1.